The van der Waals surface area contributed by atoms with Gasteiger partial charge >= 0.3 is 0 Å². The molecule has 8 heavy (non-hydrogen) atoms. The van der Waals surface area contributed by atoms with Crippen molar-refractivity contribution in [2.75, 3.05) is 0 Å². The Morgan fingerprint density at radius 2 is 2.38 bits per heavy atom. The molecule has 0 rings (SSSR count). The fraction of sp³-hybridized carbons (Fsp3) is 0.429. The van der Waals surface area contributed by atoms with E-state index in [1.54, 1.807) is 0 Å². The van der Waals surface area contributed by atoms with Gasteiger partial charge in [-0.15, -0.1) is 5.73 Å². The highest BCUT2D eigenvalue weighted by Crippen LogP contribution is 1.92. The first kappa shape index (κ1) is 7.01. The van der Waals surface area contributed by atoms with Crippen LogP contribution in [-0.2, 0) is 0 Å². The summed E-state index contributed by atoms with van der Waals surface area (Å²) in [5, 5.41) is 8.07. The monoisotopic (exact) mass is 107 g/mol. The zero-order chi connectivity index (χ0) is 6.24. The maximum absolute atomic E-state index is 8.07. The molecule has 0 heterocycles. The predicted octanol–water partition coefficient (Wildman–Crippen LogP) is 2.02. The quantitative estimate of drug-likeness (QED) is 0.400. The van der Waals surface area contributed by atoms with Gasteiger partial charge in [-0.25, -0.2) is 0 Å². The van der Waals surface area contributed by atoms with Crippen LogP contribution in [0.2, 0.25) is 0 Å². The molecule has 0 aliphatic rings. The topological polar surface area (TPSA) is 23.8 Å². The zero-order valence-electron chi connectivity index (χ0n) is 4.85. The number of hydrogen-bond donors (Lipinski definition) is 0. The van der Waals surface area contributed by atoms with Crippen LogP contribution in [0.3, 0.4) is 0 Å². The highest BCUT2D eigenvalue weighted by Gasteiger charge is 1.77. The third kappa shape index (κ3) is 5.01. The molecule has 0 atom stereocenters. The van der Waals surface area contributed by atoms with Crippen molar-refractivity contribution in [1.82, 2.24) is 0 Å². The molecule has 0 unspecified atom stereocenters. The molecule has 0 aliphatic heterocycles. The van der Waals surface area contributed by atoms with Crippen LogP contribution in [0.1, 0.15) is 19.3 Å². The predicted molar refractivity (Wildman–Crippen MR) is 33.2 cm³/mol. The number of nitrogens with zero attached hydrogens (tertiary/aromatic N) is 1. The van der Waals surface area contributed by atoms with Gasteiger partial charge in [0.1, 0.15) is 0 Å². The molecular formula is C7H9N. The average Bonchev–Trinajstić information content (AvgIpc) is 1.81. The summed E-state index contributed by atoms with van der Waals surface area (Å²) in [6, 6.07) is 2.06. The van der Waals surface area contributed by atoms with Crippen molar-refractivity contribution in [2.45, 2.75) is 19.3 Å². The Morgan fingerprint density at radius 3 is 2.88 bits per heavy atom. The molecule has 0 radical (unpaired) electrons. The molecule has 0 aromatic rings. The van der Waals surface area contributed by atoms with E-state index in [1.165, 1.54) is 0 Å². The lowest BCUT2D eigenvalue weighted by Crippen LogP contribution is -1.65. The van der Waals surface area contributed by atoms with Gasteiger partial charge in [-0.05, 0) is 18.9 Å². The van der Waals surface area contributed by atoms with Crippen molar-refractivity contribution < 1.29 is 0 Å². The summed E-state index contributed by atoms with van der Waals surface area (Å²) < 4.78 is 0. The summed E-state index contributed by atoms with van der Waals surface area (Å²) in [6.45, 7) is 3.39. The number of allylic oxidation sites excluding steroid dienone is 1. The van der Waals surface area contributed by atoms with E-state index < -0.39 is 0 Å². The molecule has 0 fully saturated rings. The van der Waals surface area contributed by atoms with Crippen molar-refractivity contribution >= 4 is 0 Å². The number of nitriles is 1. The molecule has 0 N–H and O–H groups in total. The summed E-state index contributed by atoms with van der Waals surface area (Å²) in [4.78, 5) is 0. The second-order valence-electron chi connectivity index (χ2n) is 1.46. The first-order valence-electron chi connectivity index (χ1n) is 2.63. The van der Waals surface area contributed by atoms with Crippen molar-refractivity contribution in [3.05, 3.63) is 18.4 Å². The average molecular weight is 107 g/mol. The van der Waals surface area contributed by atoms with Crippen molar-refractivity contribution in [3.63, 3.8) is 0 Å². The van der Waals surface area contributed by atoms with Gasteiger partial charge in [0, 0.05) is 6.42 Å². The van der Waals surface area contributed by atoms with Crippen LogP contribution >= 0.6 is 0 Å². The number of unbranched alkanes of at least 4 members (excludes halogenated alkanes) is 2. The Labute approximate surface area is 49.9 Å². The maximum Gasteiger partial charge on any atom is 0.0621 e. The molecular weight excluding hydrogens is 98.1 g/mol. The van der Waals surface area contributed by atoms with Gasteiger partial charge in [0.05, 0.1) is 6.07 Å². The van der Waals surface area contributed by atoms with Gasteiger partial charge < -0.3 is 0 Å². The van der Waals surface area contributed by atoms with Gasteiger partial charge in [-0.2, -0.15) is 5.26 Å². The molecule has 0 aliphatic carbocycles. The molecule has 0 aromatic carbocycles. The van der Waals surface area contributed by atoms with Crippen LogP contribution < -0.4 is 0 Å². The molecule has 0 amide bonds. The molecule has 42 valence electrons. The molecule has 0 bridgehead atoms. The molecule has 0 saturated carbocycles. The maximum atomic E-state index is 8.07. The first-order valence-corrected chi connectivity index (χ1v) is 2.63. The summed E-state index contributed by atoms with van der Waals surface area (Å²) >= 11 is 0. The fourth-order valence-electron chi connectivity index (χ4n) is 0.385. The molecule has 1 nitrogen and oxygen atoms in total. The van der Waals surface area contributed by atoms with E-state index in [0.717, 1.165) is 12.8 Å². The lowest BCUT2D eigenvalue weighted by Gasteiger charge is -1.80. The van der Waals surface area contributed by atoms with Crippen molar-refractivity contribution in [1.29, 1.82) is 5.26 Å². The fourth-order valence-corrected chi connectivity index (χ4v) is 0.385. The lowest BCUT2D eigenvalue weighted by atomic mass is 10.2. The van der Waals surface area contributed by atoms with Crippen LogP contribution in [0.4, 0.5) is 0 Å². The molecule has 1 heteroatoms. The minimum Gasteiger partial charge on any atom is -0.198 e. The Balaban J connectivity index is 2.96. The highest BCUT2D eigenvalue weighted by molar-refractivity contribution is 4.78. The standard InChI is InChI=1S/C7H9N/c1-2-3-4-5-6-7-8/h3H,1,4-6H2. The number of rotatable bonds is 3. The van der Waals surface area contributed by atoms with Gasteiger partial charge in [-0.1, -0.05) is 6.58 Å². The third-order valence-corrected chi connectivity index (χ3v) is 0.781. The second-order valence-corrected chi connectivity index (χ2v) is 1.46. The lowest BCUT2D eigenvalue weighted by molar-refractivity contribution is 0.877. The number of hydrogen-bond acceptors (Lipinski definition) is 1. The van der Waals surface area contributed by atoms with Crippen LogP contribution in [0, 0.1) is 11.3 Å². The van der Waals surface area contributed by atoms with E-state index >= 15 is 0 Å². The van der Waals surface area contributed by atoms with Crippen LogP contribution in [0.15, 0.2) is 18.4 Å². The van der Waals surface area contributed by atoms with Gasteiger partial charge in [0.2, 0.25) is 0 Å². The van der Waals surface area contributed by atoms with Crippen LogP contribution in [0.25, 0.3) is 0 Å². The van der Waals surface area contributed by atoms with Gasteiger partial charge in [0.15, 0.2) is 0 Å². The van der Waals surface area contributed by atoms with Crippen LogP contribution in [0.5, 0.6) is 0 Å². The van der Waals surface area contributed by atoms with Crippen molar-refractivity contribution in [2.24, 2.45) is 0 Å². The minimum absolute atomic E-state index is 0.637. The Morgan fingerprint density at radius 1 is 1.62 bits per heavy atom. The Bertz CT molecular complexity index is 124. The summed E-state index contributed by atoms with van der Waals surface area (Å²) in [7, 11) is 0. The third-order valence-electron chi connectivity index (χ3n) is 0.781. The first-order chi connectivity index (χ1) is 3.91. The zero-order valence-corrected chi connectivity index (χ0v) is 4.85. The minimum atomic E-state index is 0.637. The summed E-state index contributed by atoms with van der Waals surface area (Å²) in [5.41, 5.74) is 2.64. The van der Waals surface area contributed by atoms with E-state index in [4.69, 9.17) is 5.26 Å². The van der Waals surface area contributed by atoms with E-state index in [0.29, 0.717) is 6.42 Å². The van der Waals surface area contributed by atoms with E-state index in [2.05, 4.69) is 18.4 Å². The smallest absolute Gasteiger partial charge is 0.0621 e. The summed E-state index contributed by atoms with van der Waals surface area (Å²) in [5.74, 6) is 0. The molecule has 0 aromatic heterocycles. The van der Waals surface area contributed by atoms with Gasteiger partial charge in [0.25, 0.3) is 0 Å². The SMILES string of the molecule is C=C=CCCCC#N. The normalized spacial score (nSPS) is 6.88. The molecule has 0 spiro atoms. The highest BCUT2D eigenvalue weighted by atomic mass is 14.2. The van der Waals surface area contributed by atoms with E-state index in [1.807, 2.05) is 6.08 Å². The Kier molecular flexibility index (Phi) is 5.27. The second kappa shape index (κ2) is 6.01. The van der Waals surface area contributed by atoms with Crippen LogP contribution in [-0.4, -0.2) is 0 Å². The van der Waals surface area contributed by atoms with Gasteiger partial charge in [-0.3, -0.25) is 0 Å². The largest absolute Gasteiger partial charge is 0.198 e. The van der Waals surface area contributed by atoms with Crippen molar-refractivity contribution in [3.8, 4) is 6.07 Å². The molecule has 0 saturated heterocycles. The Hall–Kier alpha value is -0.990. The van der Waals surface area contributed by atoms with E-state index in [-0.39, 0.29) is 0 Å². The summed E-state index contributed by atoms with van der Waals surface area (Å²) in [6.07, 6.45) is 4.34. The van der Waals surface area contributed by atoms with E-state index in [9.17, 15) is 0 Å².